The van der Waals surface area contributed by atoms with Crippen molar-refractivity contribution in [3.63, 3.8) is 0 Å². The fraction of sp³-hybridized carbons (Fsp3) is 1.00. The minimum absolute atomic E-state index is 0.0560. The van der Waals surface area contributed by atoms with Crippen LogP contribution in [0.2, 0.25) is 0 Å². The van der Waals surface area contributed by atoms with Crippen molar-refractivity contribution in [1.29, 1.82) is 0 Å². The normalized spacial score (nSPS) is 20.1. The summed E-state index contributed by atoms with van der Waals surface area (Å²) in [7, 11) is -3.37. The summed E-state index contributed by atoms with van der Waals surface area (Å²) in [5.41, 5.74) is 0. The molecule has 5 nitrogen and oxygen atoms in total. The molecule has 0 aromatic rings. The summed E-state index contributed by atoms with van der Waals surface area (Å²) in [6, 6.07) is 0.0560. The van der Waals surface area contributed by atoms with Gasteiger partial charge in [0, 0.05) is 25.7 Å². The lowest BCUT2D eigenvalue weighted by molar-refractivity contribution is 0.169. The summed E-state index contributed by atoms with van der Waals surface area (Å²) in [6.07, 6.45) is 6.45. The van der Waals surface area contributed by atoms with E-state index < -0.39 is 10.2 Å². The Hall–Kier alpha value is -0.170. The molecule has 0 saturated carbocycles. The average Bonchev–Trinajstić information content (AvgIpc) is 2.45. The zero-order valence-electron chi connectivity index (χ0n) is 12.8. The molecule has 0 spiro atoms. The number of nitrogens with zero attached hydrogens (tertiary/aromatic N) is 1. The van der Waals surface area contributed by atoms with E-state index in [1.807, 2.05) is 0 Å². The quantitative estimate of drug-likeness (QED) is 0.683. The van der Waals surface area contributed by atoms with Crippen LogP contribution in [0, 0.1) is 5.92 Å². The third-order valence-electron chi connectivity index (χ3n) is 4.03. The second-order valence-corrected chi connectivity index (χ2v) is 7.48. The Morgan fingerprint density at radius 1 is 1.20 bits per heavy atom. The molecule has 1 rings (SSSR count). The summed E-state index contributed by atoms with van der Waals surface area (Å²) < 4.78 is 29.2. The third-order valence-corrected chi connectivity index (χ3v) is 5.71. The molecule has 0 bridgehead atoms. The first kappa shape index (κ1) is 17.9. The van der Waals surface area contributed by atoms with Gasteiger partial charge in [0.25, 0.3) is 10.2 Å². The molecule has 0 aromatic carbocycles. The van der Waals surface area contributed by atoms with Crippen molar-refractivity contribution in [2.24, 2.45) is 5.92 Å². The third kappa shape index (κ3) is 5.68. The van der Waals surface area contributed by atoms with Gasteiger partial charge in [-0.2, -0.15) is 17.4 Å². The second kappa shape index (κ2) is 8.97. The van der Waals surface area contributed by atoms with E-state index in [-0.39, 0.29) is 18.6 Å². The van der Waals surface area contributed by atoms with E-state index in [1.54, 1.807) is 0 Å². The number of hydrogen-bond acceptors (Lipinski definition) is 3. The molecule has 1 heterocycles. The SMILES string of the molecule is CCCCC(CCC)NS(=O)(=O)N1CCC(CO)CC1. The van der Waals surface area contributed by atoms with E-state index in [1.165, 1.54) is 4.31 Å². The maximum atomic E-state index is 12.4. The summed E-state index contributed by atoms with van der Waals surface area (Å²) in [5.74, 6) is 0.257. The molecule has 1 unspecified atom stereocenters. The van der Waals surface area contributed by atoms with Crippen molar-refractivity contribution in [1.82, 2.24) is 9.03 Å². The van der Waals surface area contributed by atoms with Crippen molar-refractivity contribution in [3.8, 4) is 0 Å². The van der Waals surface area contributed by atoms with Crippen LogP contribution in [-0.2, 0) is 10.2 Å². The van der Waals surface area contributed by atoms with Gasteiger partial charge in [-0.3, -0.25) is 0 Å². The van der Waals surface area contributed by atoms with E-state index in [2.05, 4.69) is 18.6 Å². The van der Waals surface area contributed by atoms with Gasteiger partial charge in [-0.05, 0) is 31.6 Å². The van der Waals surface area contributed by atoms with E-state index in [9.17, 15) is 8.42 Å². The highest BCUT2D eigenvalue weighted by molar-refractivity contribution is 7.87. The molecule has 2 N–H and O–H groups in total. The maximum Gasteiger partial charge on any atom is 0.279 e. The molecule has 1 aliphatic heterocycles. The highest BCUT2D eigenvalue weighted by Crippen LogP contribution is 2.19. The number of aliphatic hydroxyl groups is 1. The Kier molecular flexibility index (Phi) is 8.02. The predicted octanol–water partition coefficient (Wildman–Crippen LogP) is 1.88. The molecule has 1 aliphatic rings. The minimum atomic E-state index is -3.37. The van der Waals surface area contributed by atoms with Crippen molar-refractivity contribution >= 4 is 10.2 Å². The average molecular weight is 306 g/mol. The van der Waals surface area contributed by atoms with Crippen molar-refractivity contribution in [3.05, 3.63) is 0 Å². The maximum absolute atomic E-state index is 12.4. The van der Waals surface area contributed by atoms with Crippen LogP contribution in [0.15, 0.2) is 0 Å². The van der Waals surface area contributed by atoms with E-state index in [0.29, 0.717) is 13.1 Å². The fourth-order valence-corrected chi connectivity index (χ4v) is 4.18. The largest absolute Gasteiger partial charge is 0.396 e. The number of hydrogen-bond donors (Lipinski definition) is 2. The lowest BCUT2D eigenvalue weighted by atomic mass is 10.00. The number of rotatable bonds is 9. The van der Waals surface area contributed by atoms with Gasteiger partial charge < -0.3 is 5.11 Å². The number of nitrogens with one attached hydrogen (secondary N) is 1. The highest BCUT2D eigenvalue weighted by Gasteiger charge is 2.29. The molecule has 1 fully saturated rings. The van der Waals surface area contributed by atoms with Crippen LogP contribution in [-0.4, -0.2) is 43.6 Å². The van der Waals surface area contributed by atoms with Crippen LogP contribution in [0.4, 0.5) is 0 Å². The molecule has 20 heavy (non-hydrogen) atoms. The van der Waals surface area contributed by atoms with Crippen LogP contribution in [0.25, 0.3) is 0 Å². The molecule has 0 aromatic heterocycles. The first-order valence-electron chi connectivity index (χ1n) is 7.91. The van der Waals surface area contributed by atoms with Gasteiger partial charge in [-0.1, -0.05) is 33.1 Å². The van der Waals surface area contributed by atoms with Crippen LogP contribution >= 0.6 is 0 Å². The molecular formula is C14H30N2O3S. The molecule has 0 radical (unpaired) electrons. The van der Waals surface area contributed by atoms with Crippen LogP contribution in [0.3, 0.4) is 0 Å². The second-order valence-electron chi connectivity index (χ2n) is 5.78. The number of aliphatic hydroxyl groups excluding tert-OH is 1. The fourth-order valence-electron chi connectivity index (χ4n) is 2.68. The summed E-state index contributed by atoms with van der Waals surface area (Å²) >= 11 is 0. The van der Waals surface area contributed by atoms with Crippen molar-refractivity contribution < 1.29 is 13.5 Å². The molecule has 0 amide bonds. The van der Waals surface area contributed by atoms with Crippen molar-refractivity contribution in [2.45, 2.75) is 64.8 Å². The first-order chi connectivity index (χ1) is 9.53. The van der Waals surface area contributed by atoms with Crippen LogP contribution < -0.4 is 4.72 Å². The van der Waals surface area contributed by atoms with Gasteiger partial charge in [-0.25, -0.2) is 0 Å². The lowest BCUT2D eigenvalue weighted by Crippen LogP contribution is -2.48. The van der Waals surface area contributed by atoms with E-state index >= 15 is 0 Å². The first-order valence-corrected chi connectivity index (χ1v) is 9.35. The molecule has 1 atom stereocenters. The molecular weight excluding hydrogens is 276 g/mol. The van der Waals surface area contributed by atoms with Gasteiger partial charge in [0.15, 0.2) is 0 Å². The van der Waals surface area contributed by atoms with Crippen LogP contribution in [0.5, 0.6) is 0 Å². The van der Waals surface area contributed by atoms with Gasteiger partial charge in [-0.15, -0.1) is 0 Å². The summed E-state index contributed by atoms with van der Waals surface area (Å²) in [4.78, 5) is 0. The van der Waals surface area contributed by atoms with Gasteiger partial charge in [0.1, 0.15) is 0 Å². The summed E-state index contributed by atoms with van der Waals surface area (Å²) in [6.45, 7) is 5.41. The standard InChI is InChI=1S/C14H30N2O3S/c1-3-5-7-14(6-4-2)15-20(18,19)16-10-8-13(12-17)9-11-16/h13-15,17H,3-12H2,1-2H3. The Bertz CT molecular complexity index is 351. The smallest absolute Gasteiger partial charge is 0.279 e. The zero-order chi connectivity index (χ0) is 15.0. The van der Waals surface area contributed by atoms with Gasteiger partial charge >= 0.3 is 0 Å². The number of unbranched alkanes of at least 4 members (excludes halogenated alkanes) is 1. The summed E-state index contributed by atoms with van der Waals surface area (Å²) in [5, 5.41) is 9.11. The molecule has 0 aliphatic carbocycles. The lowest BCUT2D eigenvalue weighted by Gasteiger charge is -2.31. The predicted molar refractivity (Wildman–Crippen MR) is 81.7 cm³/mol. The Morgan fingerprint density at radius 2 is 1.85 bits per heavy atom. The zero-order valence-corrected chi connectivity index (χ0v) is 13.7. The monoisotopic (exact) mass is 306 g/mol. The van der Waals surface area contributed by atoms with Crippen LogP contribution in [0.1, 0.15) is 58.8 Å². The Balaban J connectivity index is 2.54. The Morgan fingerprint density at radius 3 is 2.35 bits per heavy atom. The molecule has 120 valence electrons. The molecule has 6 heteroatoms. The van der Waals surface area contributed by atoms with E-state index in [0.717, 1.165) is 44.9 Å². The molecule has 1 saturated heterocycles. The van der Waals surface area contributed by atoms with E-state index in [4.69, 9.17) is 5.11 Å². The topological polar surface area (TPSA) is 69.6 Å². The van der Waals surface area contributed by atoms with Gasteiger partial charge in [0.2, 0.25) is 0 Å². The highest BCUT2D eigenvalue weighted by atomic mass is 32.2. The Labute approximate surface area is 123 Å². The minimum Gasteiger partial charge on any atom is -0.396 e. The van der Waals surface area contributed by atoms with Crippen molar-refractivity contribution in [2.75, 3.05) is 19.7 Å². The van der Waals surface area contributed by atoms with Gasteiger partial charge in [0.05, 0.1) is 0 Å². The number of piperidine rings is 1.